The predicted octanol–water partition coefficient (Wildman–Crippen LogP) is 2.08. The van der Waals surface area contributed by atoms with Crippen molar-refractivity contribution >= 4 is 21.9 Å². The van der Waals surface area contributed by atoms with E-state index < -0.39 is 16.0 Å². The second kappa shape index (κ2) is 9.32. The maximum Gasteiger partial charge on any atom is 0.303 e. The van der Waals surface area contributed by atoms with Crippen LogP contribution >= 0.6 is 0 Å². The first-order valence-corrected chi connectivity index (χ1v) is 10.7. The van der Waals surface area contributed by atoms with E-state index in [0.717, 1.165) is 11.1 Å². The Kier molecular flexibility index (Phi) is 7.38. The lowest BCUT2D eigenvalue weighted by Gasteiger charge is -2.31. The minimum Gasteiger partial charge on any atom is -0.481 e. The highest BCUT2D eigenvalue weighted by atomic mass is 32.2. The van der Waals surface area contributed by atoms with E-state index in [2.05, 4.69) is 5.32 Å². The van der Waals surface area contributed by atoms with E-state index in [-0.39, 0.29) is 18.2 Å². The predicted molar refractivity (Wildman–Crippen MR) is 102 cm³/mol. The number of unbranched alkanes of at least 4 members (excludes halogenated alkanes) is 1. The molecule has 1 heterocycles. The van der Waals surface area contributed by atoms with Crippen LogP contribution in [0.25, 0.3) is 0 Å². The van der Waals surface area contributed by atoms with Crippen LogP contribution in [0.15, 0.2) is 23.1 Å². The summed E-state index contributed by atoms with van der Waals surface area (Å²) < 4.78 is 27.2. The molecule has 8 heteroatoms. The van der Waals surface area contributed by atoms with Gasteiger partial charge in [0.25, 0.3) is 0 Å². The minimum atomic E-state index is -3.55. The van der Waals surface area contributed by atoms with Crippen molar-refractivity contribution in [1.82, 2.24) is 9.62 Å². The summed E-state index contributed by atoms with van der Waals surface area (Å²) in [5.74, 6) is -1.11. The molecule has 27 heavy (non-hydrogen) atoms. The molecule has 1 aliphatic rings. The first kappa shape index (κ1) is 21.4. The Morgan fingerprint density at radius 1 is 1.19 bits per heavy atom. The third-order valence-corrected chi connectivity index (χ3v) is 6.95. The fraction of sp³-hybridized carbons (Fsp3) is 0.579. The van der Waals surface area contributed by atoms with Gasteiger partial charge in [0.1, 0.15) is 0 Å². The molecule has 0 aromatic heterocycles. The maximum absolute atomic E-state index is 12.9. The number of carboxylic acid groups (broad SMARTS) is 1. The van der Waals surface area contributed by atoms with Crippen LogP contribution in [0.5, 0.6) is 0 Å². The molecule has 150 valence electrons. The molecule has 0 bridgehead atoms. The van der Waals surface area contributed by atoms with E-state index in [9.17, 15) is 18.0 Å². The second-order valence-electron chi connectivity index (χ2n) is 7.09. The zero-order valence-corrected chi connectivity index (χ0v) is 16.7. The van der Waals surface area contributed by atoms with Gasteiger partial charge in [0.15, 0.2) is 0 Å². The number of benzene rings is 1. The van der Waals surface area contributed by atoms with Crippen LogP contribution in [-0.2, 0) is 19.6 Å². The number of nitrogens with zero attached hydrogens (tertiary/aromatic N) is 1. The standard InChI is InChI=1S/C19H28N2O5S/c1-14-6-7-17(15(2)13-14)27(25,26)21-11-8-16(9-12-21)19(24)20-10-4-3-5-18(22)23/h6-7,13,16H,3-5,8-12H2,1-2H3,(H,20,24)(H,22,23). The van der Waals surface area contributed by atoms with Gasteiger partial charge in [-0.1, -0.05) is 17.7 Å². The summed E-state index contributed by atoms with van der Waals surface area (Å²) in [7, 11) is -3.55. The fourth-order valence-electron chi connectivity index (χ4n) is 3.34. The molecule has 2 N–H and O–H groups in total. The van der Waals surface area contributed by atoms with Crippen molar-refractivity contribution in [2.24, 2.45) is 5.92 Å². The first-order chi connectivity index (χ1) is 12.7. The first-order valence-electron chi connectivity index (χ1n) is 9.28. The molecule has 0 saturated carbocycles. The van der Waals surface area contributed by atoms with E-state index in [1.807, 2.05) is 13.0 Å². The number of aliphatic carboxylic acids is 1. The highest BCUT2D eigenvalue weighted by Crippen LogP contribution is 2.26. The monoisotopic (exact) mass is 396 g/mol. The molecule has 0 spiro atoms. The number of piperidine rings is 1. The maximum atomic E-state index is 12.9. The normalized spacial score (nSPS) is 16.2. The van der Waals surface area contributed by atoms with Crippen molar-refractivity contribution in [2.45, 2.75) is 50.8 Å². The molecule has 0 atom stereocenters. The Labute approximate surface area is 160 Å². The highest BCUT2D eigenvalue weighted by Gasteiger charge is 2.32. The number of amides is 1. The summed E-state index contributed by atoms with van der Waals surface area (Å²) in [5.41, 5.74) is 1.75. The van der Waals surface area contributed by atoms with Crippen LogP contribution in [-0.4, -0.2) is 49.3 Å². The van der Waals surface area contributed by atoms with E-state index in [1.54, 1.807) is 19.1 Å². The molecule has 1 aromatic carbocycles. The number of aryl methyl sites for hydroxylation is 2. The van der Waals surface area contributed by atoms with Crippen LogP contribution in [0.4, 0.5) is 0 Å². The summed E-state index contributed by atoms with van der Waals surface area (Å²) in [6.45, 7) is 4.83. The summed E-state index contributed by atoms with van der Waals surface area (Å²) in [6.07, 6.45) is 2.24. The molecule has 1 saturated heterocycles. The number of sulfonamides is 1. The lowest BCUT2D eigenvalue weighted by Crippen LogP contribution is -2.43. The number of carbonyl (C=O) groups is 2. The van der Waals surface area contributed by atoms with E-state index in [4.69, 9.17) is 5.11 Å². The van der Waals surface area contributed by atoms with E-state index >= 15 is 0 Å². The van der Waals surface area contributed by atoms with Crippen LogP contribution in [0, 0.1) is 19.8 Å². The van der Waals surface area contributed by atoms with Gasteiger partial charge in [0, 0.05) is 32.0 Å². The number of nitrogens with one attached hydrogen (secondary N) is 1. The van der Waals surface area contributed by atoms with Crippen molar-refractivity contribution in [3.05, 3.63) is 29.3 Å². The van der Waals surface area contributed by atoms with E-state index in [1.165, 1.54) is 4.31 Å². The van der Waals surface area contributed by atoms with Crippen molar-refractivity contribution < 1.29 is 23.1 Å². The Morgan fingerprint density at radius 3 is 2.44 bits per heavy atom. The van der Waals surface area contributed by atoms with Crippen LogP contribution < -0.4 is 5.32 Å². The second-order valence-corrected chi connectivity index (χ2v) is 9.00. The average Bonchev–Trinajstić information content (AvgIpc) is 2.60. The zero-order chi connectivity index (χ0) is 20.0. The number of rotatable bonds is 8. The number of hydrogen-bond donors (Lipinski definition) is 2. The van der Waals surface area contributed by atoms with Gasteiger partial charge in [0.2, 0.25) is 15.9 Å². The Balaban J connectivity index is 1.85. The van der Waals surface area contributed by atoms with Crippen LogP contribution in [0.1, 0.15) is 43.2 Å². The van der Waals surface area contributed by atoms with Gasteiger partial charge in [-0.05, 0) is 51.2 Å². The van der Waals surface area contributed by atoms with Crippen LogP contribution in [0.3, 0.4) is 0 Å². The molecule has 0 radical (unpaired) electrons. The summed E-state index contributed by atoms with van der Waals surface area (Å²) in [5, 5.41) is 11.4. The molecular weight excluding hydrogens is 368 g/mol. The molecular formula is C19H28N2O5S. The van der Waals surface area contributed by atoms with E-state index in [0.29, 0.717) is 50.2 Å². The van der Waals surface area contributed by atoms with Gasteiger partial charge in [-0.2, -0.15) is 4.31 Å². The van der Waals surface area contributed by atoms with Gasteiger partial charge < -0.3 is 10.4 Å². The number of carboxylic acids is 1. The Morgan fingerprint density at radius 2 is 1.85 bits per heavy atom. The third kappa shape index (κ3) is 5.77. The third-order valence-electron chi connectivity index (χ3n) is 4.89. The summed E-state index contributed by atoms with van der Waals surface area (Å²) in [4.78, 5) is 23.0. The average molecular weight is 397 g/mol. The topological polar surface area (TPSA) is 104 Å². The smallest absolute Gasteiger partial charge is 0.303 e. The molecule has 1 amide bonds. The molecule has 1 aliphatic heterocycles. The van der Waals surface area contributed by atoms with Crippen molar-refractivity contribution in [2.75, 3.05) is 19.6 Å². The van der Waals surface area contributed by atoms with Gasteiger partial charge >= 0.3 is 5.97 Å². The van der Waals surface area contributed by atoms with Gasteiger partial charge in [0.05, 0.1) is 4.90 Å². The molecule has 1 fully saturated rings. The van der Waals surface area contributed by atoms with Crippen molar-refractivity contribution in [3.63, 3.8) is 0 Å². The molecule has 7 nitrogen and oxygen atoms in total. The van der Waals surface area contributed by atoms with Gasteiger partial charge in [-0.15, -0.1) is 0 Å². The van der Waals surface area contributed by atoms with Crippen LogP contribution in [0.2, 0.25) is 0 Å². The quantitative estimate of drug-likeness (QED) is 0.655. The Bertz CT molecular complexity index is 783. The molecule has 2 rings (SSSR count). The molecule has 0 unspecified atom stereocenters. The summed E-state index contributed by atoms with van der Waals surface area (Å²) >= 11 is 0. The van der Waals surface area contributed by atoms with Crippen molar-refractivity contribution in [3.8, 4) is 0 Å². The molecule has 0 aliphatic carbocycles. The largest absolute Gasteiger partial charge is 0.481 e. The zero-order valence-electron chi connectivity index (χ0n) is 15.9. The van der Waals surface area contributed by atoms with Crippen molar-refractivity contribution in [1.29, 1.82) is 0 Å². The number of carbonyl (C=O) groups excluding carboxylic acids is 1. The van der Waals surface area contributed by atoms with Gasteiger partial charge in [-0.25, -0.2) is 8.42 Å². The van der Waals surface area contributed by atoms with Gasteiger partial charge in [-0.3, -0.25) is 9.59 Å². The lowest BCUT2D eigenvalue weighted by molar-refractivity contribution is -0.137. The minimum absolute atomic E-state index is 0.0751. The molecule has 1 aromatic rings. The summed E-state index contributed by atoms with van der Waals surface area (Å²) in [6, 6.07) is 5.30. The fourth-order valence-corrected chi connectivity index (χ4v) is 5.02. The SMILES string of the molecule is Cc1ccc(S(=O)(=O)N2CCC(C(=O)NCCCCC(=O)O)CC2)c(C)c1. The highest BCUT2D eigenvalue weighted by molar-refractivity contribution is 7.89. The Hall–Kier alpha value is -1.93. The lowest BCUT2D eigenvalue weighted by atomic mass is 9.97. The number of hydrogen-bond acceptors (Lipinski definition) is 4.